The molecule has 0 unspecified atom stereocenters. The molecule has 0 aliphatic carbocycles. The number of carbonyl (C=O) groups excluding carboxylic acids is 1. The molecule has 3 rings (SSSR count). The fraction of sp³-hybridized carbons (Fsp3) is 0.263. The van der Waals surface area contributed by atoms with Gasteiger partial charge in [-0.05, 0) is 43.7 Å². The van der Waals surface area contributed by atoms with E-state index < -0.39 is 0 Å². The van der Waals surface area contributed by atoms with Gasteiger partial charge in [0.1, 0.15) is 0 Å². The smallest absolute Gasteiger partial charge is 0.237 e. The number of carbonyl (C=O) groups is 1. The Kier molecular flexibility index (Phi) is 4.90. The molecule has 0 spiro atoms. The number of aryl methyl sites for hydroxylation is 2. The first-order valence-corrected chi connectivity index (χ1v) is 9.00. The number of thioether (sulfide) groups is 1. The van der Waals surface area contributed by atoms with Gasteiger partial charge >= 0.3 is 0 Å². The van der Waals surface area contributed by atoms with Gasteiger partial charge in [0.25, 0.3) is 0 Å². The maximum Gasteiger partial charge on any atom is 0.237 e. The summed E-state index contributed by atoms with van der Waals surface area (Å²) in [7, 11) is 1.82. The number of hydrogen-bond donors (Lipinski definition) is 0. The van der Waals surface area contributed by atoms with E-state index in [1.807, 2.05) is 56.4 Å². The second kappa shape index (κ2) is 7.09. The van der Waals surface area contributed by atoms with E-state index in [4.69, 9.17) is 0 Å². The molecule has 0 N–H and O–H groups in total. The van der Waals surface area contributed by atoms with Crippen molar-refractivity contribution in [3.8, 4) is 0 Å². The second-order valence-electron chi connectivity index (χ2n) is 5.71. The van der Waals surface area contributed by atoms with Gasteiger partial charge in [-0.3, -0.25) is 4.79 Å². The monoisotopic (exact) mass is 339 g/mol. The van der Waals surface area contributed by atoms with Gasteiger partial charge < -0.3 is 9.47 Å². The highest BCUT2D eigenvalue weighted by molar-refractivity contribution is 7.99. The lowest BCUT2D eigenvalue weighted by Gasteiger charge is -2.17. The van der Waals surface area contributed by atoms with Crippen molar-refractivity contribution < 1.29 is 4.79 Å². The van der Waals surface area contributed by atoms with Crippen LogP contribution >= 0.6 is 11.8 Å². The van der Waals surface area contributed by atoms with E-state index in [0.717, 1.165) is 34.0 Å². The average Bonchev–Trinajstić information content (AvgIpc) is 2.96. The zero-order chi connectivity index (χ0) is 17.1. The molecule has 24 heavy (non-hydrogen) atoms. The van der Waals surface area contributed by atoms with Gasteiger partial charge in [0, 0.05) is 19.3 Å². The van der Waals surface area contributed by atoms with Crippen LogP contribution in [0.3, 0.4) is 0 Å². The molecule has 5 heteroatoms. The van der Waals surface area contributed by atoms with Crippen LogP contribution in [0, 0.1) is 6.92 Å². The van der Waals surface area contributed by atoms with Gasteiger partial charge in [-0.2, -0.15) is 0 Å². The fourth-order valence-corrected chi connectivity index (χ4v) is 3.67. The van der Waals surface area contributed by atoms with Crippen molar-refractivity contribution in [2.24, 2.45) is 0 Å². The number of nitrogens with zero attached hydrogens (tertiary/aromatic N) is 3. The van der Waals surface area contributed by atoms with E-state index in [2.05, 4.69) is 22.5 Å². The molecular formula is C19H21N3OS. The van der Waals surface area contributed by atoms with Gasteiger partial charge in [0.05, 0.1) is 16.8 Å². The SMILES string of the molecule is CCn1c(SCC(=O)N(C)c2cccc(C)c2)nc2ccccc21. The van der Waals surface area contributed by atoms with Gasteiger partial charge in [0.15, 0.2) is 5.16 Å². The predicted molar refractivity (Wildman–Crippen MR) is 101 cm³/mol. The van der Waals surface area contributed by atoms with Crippen molar-refractivity contribution in [1.82, 2.24) is 9.55 Å². The second-order valence-corrected chi connectivity index (χ2v) is 6.65. The van der Waals surface area contributed by atoms with Crippen molar-refractivity contribution >= 4 is 34.4 Å². The van der Waals surface area contributed by atoms with E-state index >= 15 is 0 Å². The number of amides is 1. The number of anilines is 1. The van der Waals surface area contributed by atoms with Crippen molar-refractivity contribution in [1.29, 1.82) is 0 Å². The zero-order valence-electron chi connectivity index (χ0n) is 14.2. The molecule has 1 aromatic heterocycles. The minimum absolute atomic E-state index is 0.0697. The van der Waals surface area contributed by atoms with Crippen LogP contribution in [0.5, 0.6) is 0 Å². The summed E-state index contributed by atoms with van der Waals surface area (Å²) in [4.78, 5) is 18.9. The summed E-state index contributed by atoms with van der Waals surface area (Å²) in [6.07, 6.45) is 0. The molecule has 0 aliphatic heterocycles. The number of fused-ring (bicyclic) bond motifs is 1. The number of para-hydroxylation sites is 2. The third-order valence-electron chi connectivity index (χ3n) is 4.02. The molecule has 2 aromatic carbocycles. The molecule has 0 aliphatic rings. The van der Waals surface area contributed by atoms with Crippen molar-refractivity contribution in [2.45, 2.75) is 25.5 Å². The van der Waals surface area contributed by atoms with Crippen LogP contribution in [0.2, 0.25) is 0 Å². The van der Waals surface area contributed by atoms with Crippen LogP contribution in [-0.4, -0.2) is 28.3 Å². The van der Waals surface area contributed by atoms with Crippen LogP contribution in [0.15, 0.2) is 53.7 Å². The summed E-state index contributed by atoms with van der Waals surface area (Å²) >= 11 is 1.49. The van der Waals surface area contributed by atoms with Crippen LogP contribution in [0.1, 0.15) is 12.5 Å². The summed E-state index contributed by atoms with van der Waals surface area (Å²) in [5, 5.41) is 0.893. The summed E-state index contributed by atoms with van der Waals surface area (Å²) in [5.41, 5.74) is 4.15. The minimum atomic E-state index is 0.0697. The Bertz CT molecular complexity index is 872. The van der Waals surface area contributed by atoms with Crippen LogP contribution < -0.4 is 4.90 Å². The molecule has 0 fully saturated rings. The normalized spacial score (nSPS) is 11.0. The maximum absolute atomic E-state index is 12.5. The number of imidazole rings is 1. The largest absolute Gasteiger partial charge is 0.319 e. The predicted octanol–water partition coefficient (Wildman–Crippen LogP) is 4.12. The third kappa shape index (κ3) is 3.31. The van der Waals surface area contributed by atoms with E-state index in [9.17, 15) is 4.79 Å². The van der Waals surface area contributed by atoms with Gasteiger partial charge in [-0.1, -0.05) is 36.0 Å². The number of aromatic nitrogens is 2. The Hall–Kier alpha value is -2.27. The lowest BCUT2D eigenvalue weighted by atomic mass is 10.2. The Balaban J connectivity index is 1.74. The molecule has 0 saturated heterocycles. The van der Waals surface area contributed by atoms with Gasteiger partial charge in [0.2, 0.25) is 5.91 Å². The number of benzene rings is 2. The lowest BCUT2D eigenvalue weighted by molar-refractivity contribution is -0.115. The van der Waals surface area contributed by atoms with Gasteiger partial charge in [-0.15, -0.1) is 0 Å². The molecule has 1 amide bonds. The fourth-order valence-electron chi connectivity index (χ4n) is 2.67. The molecule has 3 aromatic rings. The summed E-state index contributed by atoms with van der Waals surface area (Å²) in [5.74, 6) is 0.439. The molecule has 124 valence electrons. The minimum Gasteiger partial charge on any atom is -0.319 e. The molecule has 0 bridgehead atoms. The van der Waals surface area contributed by atoms with E-state index in [1.165, 1.54) is 11.8 Å². The molecule has 0 atom stereocenters. The third-order valence-corrected chi connectivity index (χ3v) is 4.98. The molecular weight excluding hydrogens is 318 g/mol. The standard InChI is InChI=1S/C19H21N3OS/c1-4-22-17-11-6-5-10-16(17)20-19(22)24-13-18(23)21(3)15-9-7-8-14(2)12-15/h5-12H,4,13H2,1-3H3. The van der Waals surface area contributed by atoms with E-state index in [-0.39, 0.29) is 5.91 Å². The van der Waals surface area contributed by atoms with Crippen LogP contribution in [0.4, 0.5) is 5.69 Å². The first-order valence-electron chi connectivity index (χ1n) is 8.01. The Morgan fingerprint density at radius 3 is 2.75 bits per heavy atom. The highest BCUT2D eigenvalue weighted by Gasteiger charge is 2.15. The highest BCUT2D eigenvalue weighted by atomic mass is 32.2. The first-order chi connectivity index (χ1) is 11.6. The van der Waals surface area contributed by atoms with Crippen LogP contribution in [0.25, 0.3) is 11.0 Å². The van der Waals surface area contributed by atoms with Crippen molar-refractivity contribution in [2.75, 3.05) is 17.7 Å². The van der Waals surface area contributed by atoms with Crippen molar-refractivity contribution in [3.63, 3.8) is 0 Å². The maximum atomic E-state index is 12.5. The molecule has 0 saturated carbocycles. The zero-order valence-corrected chi connectivity index (χ0v) is 15.0. The Morgan fingerprint density at radius 2 is 2.00 bits per heavy atom. The van der Waals surface area contributed by atoms with Crippen LogP contribution in [-0.2, 0) is 11.3 Å². The van der Waals surface area contributed by atoms with Gasteiger partial charge in [-0.25, -0.2) is 4.98 Å². The Morgan fingerprint density at radius 1 is 1.21 bits per heavy atom. The summed E-state index contributed by atoms with van der Waals surface area (Å²) in [6, 6.07) is 16.0. The Labute approximate surface area is 146 Å². The molecule has 4 nitrogen and oxygen atoms in total. The van der Waals surface area contributed by atoms with Crippen molar-refractivity contribution in [3.05, 3.63) is 54.1 Å². The summed E-state index contributed by atoms with van der Waals surface area (Å²) in [6.45, 7) is 4.96. The van der Waals surface area contributed by atoms with E-state index in [1.54, 1.807) is 4.90 Å². The topological polar surface area (TPSA) is 38.1 Å². The quantitative estimate of drug-likeness (QED) is 0.656. The lowest BCUT2D eigenvalue weighted by Crippen LogP contribution is -2.28. The number of hydrogen-bond acceptors (Lipinski definition) is 3. The first kappa shape index (κ1) is 16.6. The van der Waals surface area contributed by atoms with E-state index in [0.29, 0.717) is 5.75 Å². The highest BCUT2D eigenvalue weighted by Crippen LogP contribution is 2.25. The molecule has 1 heterocycles. The average molecular weight is 339 g/mol. The summed E-state index contributed by atoms with van der Waals surface area (Å²) < 4.78 is 2.15. The number of rotatable bonds is 5. The molecule has 0 radical (unpaired) electrons.